The Kier molecular flexibility index (Phi) is 6.54. The van der Waals surface area contributed by atoms with Gasteiger partial charge in [-0.05, 0) is 48.7 Å². The van der Waals surface area contributed by atoms with Crippen molar-refractivity contribution < 1.29 is 23.5 Å². The van der Waals surface area contributed by atoms with Crippen LogP contribution >= 0.6 is 0 Å². The molecule has 0 aliphatic heterocycles. The van der Waals surface area contributed by atoms with Gasteiger partial charge < -0.3 is 19.8 Å². The van der Waals surface area contributed by atoms with E-state index >= 15 is 0 Å². The molecule has 0 aliphatic carbocycles. The Bertz CT molecular complexity index is 751. The van der Waals surface area contributed by atoms with Crippen LogP contribution in [0.15, 0.2) is 47.1 Å². The summed E-state index contributed by atoms with van der Waals surface area (Å²) in [4.78, 5) is 36.1. The predicted octanol–water partition coefficient (Wildman–Crippen LogP) is 2.85. The molecule has 138 valence electrons. The summed E-state index contributed by atoms with van der Waals surface area (Å²) in [5.74, 6) is -0.825. The van der Waals surface area contributed by atoms with E-state index in [-0.39, 0.29) is 23.5 Å². The van der Waals surface area contributed by atoms with Crippen molar-refractivity contribution in [2.45, 2.75) is 26.3 Å². The van der Waals surface area contributed by atoms with Crippen molar-refractivity contribution in [2.75, 3.05) is 12.4 Å². The molecule has 0 radical (unpaired) electrons. The predicted molar refractivity (Wildman–Crippen MR) is 95.8 cm³/mol. The van der Waals surface area contributed by atoms with Gasteiger partial charge in [0.1, 0.15) is 6.04 Å². The number of hydrogen-bond acceptors (Lipinski definition) is 5. The van der Waals surface area contributed by atoms with Crippen LogP contribution in [0.1, 0.15) is 41.2 Å². The molecule has 2 aromatic rings. The molecule has 1 aromatic carbocycles. The second kappa shape index (κ2) is 8.84. The minimum atomic E-state index is -0.703. The van der Waals surface area contributed by atoms with E-state index in [1.807, 2.05) is 13.8 Å². The Hall–Kier alpha value is -3.09. The molecule has 0 aliphatic rings. The number of esters is 1. The molecule has 0 spiro atoms. The molecule has 1 heterocycles. The zero-order chi connectivity index (χ0) is 19.1. The van der Waals surface area contributed by atoms with Crippen LogP contribution in [0.4, 0.5) is 5.69 Å². The topological polar surface area (TPSA) is 97.6 Å². The van der Waals surface area contributed by atoms with E-state index in [4.69, 9.17) is 9.15 Å². The highest BCUT2D eigenvalue weighted by atomic mass is 16.5. The van der Waals surface area contributed by atoms with Gasteiger partial charge in [0.15, 0.2) is 5.76 Å². The summed E-state index contributed by atoms with van der Waals surface area (Å²) in [6, 6.07) is 8.81. The number of furan rings is 1. The van der Waals surface area contributed by atoms with Gasteiger partial charge in [-0.2, -0.15) is 0 Å². The molecule has 0 unspecified atom stereocenters. The first-order valence-corrected chi connectivity index (χ1v) is 8.24. The van der Waals surface area contributed by atoms with Gasteiger partial charge in [0.25, 0.3) is 11.8 Å². The number of carbonyl (C=O) groups is 3. The van der Waals surface area contributed by atoms with Crippen molar-refractivity contribution in [3.8, 4) is 0 Å². The van der Waals surface area contributed by atoms with Crippen LogP contribution < -0.4 is 10.6 Å². The van der Waals surface area contributed by atoms with E-state index in [9.17, 15) is 14.4 Å². The lowest BCUT2D eigenvalue weighted by Crippen LogP contribution is -2.42. The summed E-state index contributed by atoms with van der Waals surface area (Å²) in [6.45, 7) is 3.91. The smallest absolute Gasteiger partial charge is 0.328 e. The Balaban J connectivity index is 2.01. The summed E-state index contributed by atoms with van der Waals surface area (Å²) in [5, 5.41) is 5.35. The van der Waals surface area contributed by atoms with Crippen LogP contribution in [0.25, 0.3) is 0 Å². The highest BCUT2D eigenvalue weighted by molar-refractivity contribution is 6.02. The third-order valence-electron chi connectivity index (χ3n) is 3.65. The lowest BCUT2D eigenvalue weighted by Gasteiger charge is -2.18. The molecule has 26 heavy (non-hydrogen) atoms. The van der Waals surface area contributed by atoms with Crippen LogP contribution in [0, 0.1) is 5.92 Å². The van der Waals surface area contributed by atoms with Crippen LogP contribution in [0.5, 0.6) is 0 Å². The molecule has 0 bridgehead atoms. The first-order chi connectivity index (χ1) is 12.4. The van der Waals surface area contributed by atoms with Gasteiger partial charge >= 0.3 is 5.97 Å². The fourth-order valence-electron chi connectivity index (χ4n) is 2.37. The van der Waals surface area contributed by atoms with Crippen LogP contribution in [-0.4, -0.2) is 30.9 Å². The van der Waals surface area contributed by atoms with Gasteiger partial charge in [-0.25, -0.2) is 4.79 Å². The molecule has 0 saturated heterocycles. The minimum absolute atomic E-state index is 0.196. The van der Waals surface area contributed by atoms with E-state index < -0.39 is 12.0 Å². The molecule has 0 fully saturated rings. The normalized spacial score (nSPS) is 11.7. The second-order valence-electron chi connectivity index (χ2n) is 6.19. The van der Waals surface area contributed by atoms with E-state index in [1.165, 1.54) is 13.4 Å². The minimum Gasteiger partial charge on any atom is -0.467 e. The van der Waals surface area contributed by atoms with Gasteiger partial charge in [0, 0.05) is 11.3 Å². The summed E-state index contributed by atoms with van der Waals surface area (Å²) in [7, 11) is 1.29. The highest BCUT2D eigenvalue weighted by Gasteiger charge is 2.23. The number of carbonyl (C=O) groups excluding carboxylic acids is 3. The molecule has 1 aromatic heterocycles. The van der Waals surface area contributed by atoms with Crippen molar-refractivity contribution in [1.29, 1.82) is 0 Å². The number of methoxy groups -OCH3 is 1. The summed E-state index contributed by atoms with van der Waals surface area (Å²) < 4.78 is 9.76. The zero-order valence-electron chi connectivity index (χ0n) is 14.9. The SMILES string of the molecule is COC(=O)[C@@H](CC(C)C)NC(=O)c1ccc(NC(=O)c2ccco2)cc1. The van der Waals surface area contributed by atoms with E-state index in [1.54, 1.807) is 36.4 Å². The standard InChI is InChI=1S/C19H22N2O5/c1-12(2)11-15(19(24)25-3)21-17(22)13-6-8-14(9-7-13)20-18(23)16-5-4-10-26-16/h4-10,12,15H,11H2,1-3H3,(H,20,23)(H,21,22)/t15-/m1/s1. The largest absolute Gasteiger partial charge is 0.467 e. The molecule has 2 rings (SSSR count). The first kappa shape index (κ1) is 19.2. The fourth-order valence-corrected chi connectivity index (χ4v) is 2.37. The molecule has 7 heteroatoms. The van der Waals surface area contributed by atoms with Crippen molar-refractivity contribution in [1.82, 2.24) is 5.32 Å². The number of ether oxygens (including phenoxy) is 1. The average molecular weight is 358 g/mol. The third kappa shape index (κ3) is 5.20. The molecule has 2 N–H and O–H groups in total. The number of amides is 2. The zero-order valence-corrected chi connectivity index (χ0v) is 14.9. The second-order valence-corrected chi connectivity index (χ2v) is 6.19. The van der Waals surface area contributed by atoms with Crippen molar-refractivity contribution in [3.63, 3.8) is 0 Å². The molecule has 1 atom stereocenters. The Morgan fingerprint density at radius 1 is 1.08 bits per heavy atom. The average Bonchev–Trinajstić information content (AvgIpc) is 3.15. The maximum absolute atomic E-state index is 12.4. The van der Waals surface area contributed by atoms with Gasteiger partial charge in [-0.1, -0.05) is 13.8 Å². The summed E-state index contributed by atoms with van der Waals surface area (Å²) in [5.41, 5.74) is 0.897. The van der Waals surface area contributed by atoms with Crippen molar-refractivity contribution in [3.05, 3.63) is 54.0 Å². The Morgan fingerprint density at radius 3 is 2.31 bits per heavy atom. The Morgan fingerprint density at radius 2 is 1.77 bits per heavy atom. The first-order valence-electron chi connectivity index (χ1n) is 8.24. The van der Waals surface area contributed by atoms with Gasteiger partial charge in [-0.3, -0.25) is 9.59 Å². The highest BCUT2D eigenvalue weighted by Crippen LogP contribution is 2.13. The third-order valence-corrected chi connectivity index (χ3v) is 3.65. The van der Waals surface area contributed by atoms with Gasteiger partial charge in [-0.15, -0.1) is 0 Å². The molecule has 7 nitrogen and oxygen atoms in total. The molecular weight excluding hydrogens is 336 g/mol. The lowest BCUT2D eigenvalue weighted by molar-refractivity contribution is -0.143. The quantitative estimate of drug-likeness (QED) is 0.742. The van der Waals surface area contributed by atoms with Gasteiger partial charge in [0.05, 0.1) is 13.4 Å². The number of anilines is 1. The molecule has 0 saturated carbocycles. The maximum Gasteiger partial charge on any atom is 0.328 e. The van der Waals surface area contributed by atoms with Crippen LogP contribution in [0.2, 0.25) is 0 Å². The van der Waals surface area contributed by atoms with Crippen molar-refractivity contribution in [2.24, 2.45) is 5.92 Å². The monoisotopic (exact) mass is 358 g/mol. The van der Waals surface area contributed by atoms with Crippen LogP contribution in [0.3, 0.4) is 0 Å². The molecular formula is C19H22N2O5. The van der Waals surface area contributed by atoms with E-state index in [2.05, 4.69) is 10.6 Å². The number of rotatable bonds is 7. The van der Waals surface area contributed by atoms with Crippen molar-refractivity contribution >= 4 is 23.5 Å². The Labute approximate surface area is 151 Å². The van der Waals surface area contributed by atoms with E-state index in [0.717, 1.165) is 0 Å². The fraction of sp³-hybridized carbons (Fsp3) is 0.316. The lowest BCUT2D eigenvalue weighted by atomic mass is 10.0. The van der Waals surface area contributed by atoms with E-state index in [0.29, 0.717) is 17.7 Å². The summed E-state index contributed by atoms with van der Waals surface area (Å²) in [6.07, 6.45) is 1.90. The number of benzene rings is 1. The number of hydrogen-bond donors (Lipinski definition) is 2. The molecule has 2 amide bonds. The summed E-state index contributed by atoms with van der Waals surface area (Å²) >= 11 is 0. The van der Waals surface area contributed by atoms with Gasteiger partial charge in [0.2, 0.25) is 0 Å². The van der Waals surface area contributed by atoms with Crippen LogP contribution in [-0.2, 0) is 9.53 Å². The number of nitrogens with one attached hydrogen (secondary N) is 2. The maximum atomic E-state index is 12.4.